The predicted molar refractivity (Wildman–Crippen MR) is 122 cm³/mol. The zero-order valence-electron chi connectivity index (χ0n) is 18.2. The van der Waals surface area contributed by atoms with Gasteiger partial charge in [-0.15, -0.1) is 0 Å². The smallest absolute Gasteiger partial charge is 0.240 e. The Morgan fingerprint density at radius 2 is 1.77 bits per heavy atom. The minimum Gasteiger partial charge on any atom is -0.494 e. The van der Waals surface area contributed by atoms with E-state index < -0.39 is 10.0 Å². The number of anilines is 1. The first-order valence-electron chi connectivity index (χ1n) is 10.3. The second-order valence-electron chi connectivity index (χ2n) is 7.51. The molecule has 30 heavy (non-hydrogen) atoms. The molecule has 7 heteroatoms. The van der Waals surface area contributed by atoms with Crippen LogP contribution in [0.2, 0.25) is 0 Å². The number of para-hydroxylation sites is 1. The molecule has 2 rings (SSSR count). The summed E-state index contributed by atoms with van der Waals surface area (Å²) < 4.78 is 31.3. The number of amides is 1. The van der Waals surface area contributed by atoms with Crippen molar-refractivity contribution in [1.82, 2.24) is 5.32 Å². The minimum atomic E-state index is -3.59. The molecule has 0 fully saturated rings. The van der Waals surface area contributed by atoms with Crippen LogP contribution in [0, 0.1) is 0 Å². The molecule has 2 aromatic rings. The molecule has 0 spiro atoms. The van der Waals surface area contributed by atoms with E-state index in [1.165, 1.54) is 4.31 Å². The average Bonchev–Trinajstić information content (AvgIpc) is 2.70. The van der Waals surface area contributed by atoms with Crippen LogP contribution in [0.4, 0.5) is 5.69 Å². The van der Waals surface area contributed by atoms with Crippen molar-refractivity contribution in [3.05, 3.63) is 59.7 Å². The Labute approximate surface area is 180 Å². The van der Waals surface area contributed by atoms with E-state index in [0.29, 0.717) is 18.8 Å². The first-order valence-corrected chi connectivity index (χ1v) is 12.1. The number of ether oxygens (including phenoxy) is 1. The fraction of sp³-hybridized carbons (Fsp3) is 0.435. The molecule has 164 valence electrons. The normalized spacial score (nSPS) is 11.4. The van der Waals surface area contributed by atoms with Gasteiger partial charge in [-0.1, -0.05) is 44.2 Å². The van der Waals surface area contributed by atoms with Crippen LogP contribution in [-0.4, -0.2) is 40.3 Å². The Balaban J connectivity index is 1.93. The topological polar surface area (TPSA) is 75.7 Å². The van der Waals surface area contributed by atoms with Gasteiger partial charge in [-0.05, 0) is 55.0 Å². The van der Waals surface area contributed by atoms with E-state index in [0.717, 1.165) is 36.0 Å². The number of hydrogen-bond donors (Lipinski definition) is 1. The number of sulfonamides is 1. The molecular formula is C23H32N2O4S. The van der Waals surface area contributed by atoms with Crippen molar-refractivity contribution in [2.75, 3.05) is 30.3 Å². The molecule has 0 unspecified atom stereocenters. The third-order valence-electron chi connectivity index (χ3n) is 4.71. The summed E-state index contributed by atoms with van der Waals surface area (Å²) in [5, 5.41) is 2.84. The number of carbonyl (C=O) groups is 1. The Hall–Kier alpha value is -2.54. The van der Waals surface area contributed by atoms with Gasteiger partial charge in [-0.25, -0.2) is 8.42 Å². The molecule has 0 saturated carbocycles. The van der Waals surface area contributed by atoms with Gasteiger partial charge in [0.1, 0.15) is 12.3 Å². The second kappa shape index (κ2) is 11.0. The van der Waals surface area contributed by atoms with Gasteiger partial charge in [0.2, 0.25) is 15.9 Å². The van der Waals surface area contributed by atoms with Crippen molar-refractivity contribution in [1.29, 1.82) is 0 Å². The van der Waals surface area contributed by atoms with Crippen LogP contribution >= 0.6 is 0 Å². The van der Waals surface area contributed by atoms with Gasteiger partial charge in [-0.3, -0.25) is 9.10 Å². The lowest BCUT2D eigenvalue weighted by molar-refractivity contribution is -0.119. The van der Waals surface area contributed by atoms with E-state index in [2.05, 4.69) is 5.32 Å². The Kier molecular flexibility index (Phi) is 8.72. The van der Waals surface area contributed by atoms with Gasteiger partial charge >= 0.3 is 0 Å². The lowest BCUT2D eigenvalue weighted by atomic mass is 10.0. The largest absolute Gasteiger partial charge is 0.494 e. The molecule has 0 heterocycles. The minimum absolute atomic E-state index is 0.141. The summed E-state index contributed by atoms with van der Waals surface area (Å²) in [7, 11) is -3.59. The molecule has 0 aromatic heterocycles. The molecule has 2 aromatic carbocycles. The summed E-state index contributed by atoms with van der Waals surface area (Å²) in [5.41, 5.74) is 2.61. The molecule has 0 saturated heterocycles. The fourth-order valence-electron chi connectivity index (χ4n) is 3.21. The van der Waals surface area contributed by atoms with E-state index in [-0.39, 0.29) is 18.4 Å². The van der Waals surface area contributed by atoms with Crippen molar-refractivity contribution >= 4 is 21.6 Å². The zero-order valence-corrected chi connectivity index (χ0v) is 19.0. The number of nitrogens with one attached hydrogen (secondary N) is 1. The lowest BCUT2D eigenvalue weighted by Gasteiger charge is -2.25. The number of aryl methyl sites for hydroxylation is 1. The number of carbonyl (C=O) groups excluding carboxylic acids is 1. The number of hydrogen-bond acceptors (Lipinski definition) is 4. The quantitative estimate of drug-likeness (QED) is 0.549. The average molecular weight is 433 g/mol. The van der Waals surface area contributed by atoms with Crippen molar-refractivity contribution in [3.63, 3.8) is 0 Å². The monoisotopic (exact) mass is 432 g/mol. The zero-order chi connectivity index (χ0) is 22.1. The molecule has 0 aliphatic carbocycles. The maximum absolute atomic E-state index is 12.4. The molecule has 6 nitrogen and oxygen atoms in total. The van der Waals surface area contributed by atoms with Crippen LogP contribution in [-0.2, 0) is 21.2 Å². The van der Waals surface area contributed by atoms with Gasteiger partial charge in [0.05, 0.1) is 18.6 Å². The standard InChI is InChI=1S/C23H32N2O4S/c1-5-29-20-14-12-19(13-15-20)9-8-16-24-23(26)17-25(30(4,27)28)22-11-7-6-10-21(22)18(2)3/h6-7,10-15,18H,5,8-9,16-17H2,1-4H3,(H,24,26). The lowest BCUT2D eigenvalue weighted by Crippen LogP contribution is -2.41. The Morgan fingerprint density at radius 3 is 2.37 bits per heavy atom. The van der Waals surface area contributed by atoms with Gasteiger partial charge < -0.3 is 10.1 Å². The van der Waals surface area contributed by atoms with Crippen LogP contribution in [0.15, 0.2) is 48.5 Å². The molecule has 0 atom stereocenters. The molecule has 0 bridgehead atoms. The van der Waals surface area contributed by atoms with Crippen LogP contribution in [0.3, 0.4) is 0 Å². The molecule has 1 N–H and O–H groups in total. The Bertz CT molecular complexity index is 924. The number of benzene rings is 2. The van der Waals surface area contributed by atoms with Gasteiger partial charge in [-0.2, -0.15) is 0 Å². The van der Waals surface area contributed by atoms with Crippen molar-refractivity contribution < 1.29 is 17.9 Å². The Morgan fingerprint density at radius 1 is 1.10 bits per heavy atom. The van der Waals surface area contributed by atoms with Gasteiger partial charge in [0.25, 0.3) is 0 Å². The second-order valence-corrected chi connectivity index (χ2v) is 9.42. The molecule has 0 radical (unpaired) electrons. The number of nitrogens with zero attached hydrogens (tertiary/aromatic N) is 1. The number of rotatable bonds is 11. The highest BCUT2D eigenvalue weighted by Crippen LogP contribution is 2.28. The van der Waals surface area contributed by atoms with Crippen LogP contribution in [0.1, 0.15) is 44.2 Å². The summed E-state index contributed by atoms with van der Waals surface area (Å²) in [6.07, 6.45) is 2.71. The molecule has 0 aliphatic heterocycles. The van der Waals surface area contributed by atoms with E-state index in [9.17, 15) is 13.2 Å². The summed E-state index contributed by atoms with van der Waals surface area (Å²) in [6, 6.07) is 15.2. The summed E-state index contributed by atoms with van der Waals surface area (Å²) >= 11 is 0. The predicted octanol–water partition coefficient (Wildman–Crippen LogP) is 3.72. The highest BCUT2D eigenvalue weighted by atomic mass is 32.2. The van der Waals surface area contributed by atoms with Crippen LogP contribution in [0.25, 0.3) is 0 Å². The highest BCUT2D eigenvalue weighted by Gasteiger charge is 2.23. The van der Waals surface area contributed by atoms with E-state index >= 15 is 0 Å². The van der Waals surface area contributed by atoms with Crippen LogP contribution in [0.5, 0.6) is 5.75 Å². The van der Waals surface area contributed by atoms with E-state index in [1.54, 1.807) is 12.1 Å². The van der Waals surface area contributed by atoms with E-state index in [1.807, 2.05) is 57.2 Å². The third kappa shape index (κ3) is 7.06. The van der Waals surface area contributed by atoms with Crippen molar-refractivity contribution in [2.24, 2.45) is 0 Å². The first-order chi connectivity index (χ1) is 14.2. The SMILES string of the molecule is CCOc1ccc(CCCNC(=O)CN(c2ccccc2C(C)C)S(C)(=O)=O)cc1. The maximum Gasteiger partial charge on any atom is 0.240 e. The maximum atomic E-state index is 12.4. The highest BCUT2D eigenvalue weighted by molar-refractivity contribution is 7.92. The van der Waals surface area contributed by atoms with Crippen LogP contribution < -0.4 is 14.4 Å². The van der Waals surface area contributed by atoms with Crippen molar-refractivity contribution in [3.8, 4) is 5.75 Å². The third-order valence-corrected chi connectivity index (χ3v) is 5.84. The molecule has 1 amide bonds. The molecule has 0 aliphatic rings. The summed E-state index contributed by atoms with van der Waals surface area (Å²) in [4.78, 5) is 12.4. The first kappa shape index (κ1) is 23.7. The van der Waals surface area contributed by atoms with Gasteiger partial charge in [0.15, 0.2) is 0 Å². The van der Waals surface area contributed by atoms with Crippen molar-refractivity contribution in [2.45, 2.75) is 39.5 Å². The van der Waals surface area contributed by atoms with Gasteiger partial charge in [0, 0.05) is 6.54 Å². The molecular weight excluding hydrogens is 400 g/mol. The fourth-order valence-corrected chi connectivity index (χ4v) is 4.08. The van der Waals surface area contributed by atoms with E-state index in [4.69, 9.17) is 4.74 Å². The summed E-state index contributed by atoms with van der Waals surface area (Å²) in [5.74, 6) is 0.672. The summed E-state index contributed by atoms with van der Waals surface area (Å²) in [6.45, 7) is 6.84.